The van der Waals surface area contributed by atoms with Gasteiger partial charge in [0.25, 0.3) is 5.56 Å². The normalized spacial score (nSPS) is 12.8. The molecule has 1 aromatic carbocycles. The zero-order valence-corrected chi connectivity index (χ0v) is 12.4. The Morgan fingerprint density at radius 3 is 2.86 bits per heavy atom. The molecule has 3 aromatic heterocycles. The first-order valence-corrected chi connectivity index (χ1v) is 7.41. The van der Waals surface area contributed by atoms with Crippen molar-refractivity contribution in [3.8, 4) is 0 Å². The first-order valence-electron chi connectivity index (χ1n) is 6.59. The van der Waals surface area contributed by atoms with Gasteiger partial charge < -0.3 is 4.42 Å². The second-order valence-electron chi connectivity index (χ2n) is 5.13. The van der Waals surface area contributed by atoms with E-state index in [2.05, 4.69) is 11.9 Å². The highest BCUT2D eigenvalue weighted by Gasteiger charge is 2.12. The maximum absolute atomic E-state index is 12.6. The Hall–Kier alpha value is -2.40. The molecule has 0 aliphatic heterocycles. The number of thiazole rings is 1. The predicted molar refractivity (Wildman–Crippen MR) is 83.8 cm³/mol. The fourth-order valence-electron chi connectivity index (χ4n) is 2.43. The van der Waals surface area contributed by atoms with Gasteiger partial charge >= 0.3 is 0 Å². The van der Waals surface area contributed by atoms with Gasteiger partial charge in [-0.15, -0.1) is 0 Å². The molecule has 0 unspecified atom stereocenters. The van der Waals surface area contributed by atoms with Gasteiger partial charge in [0.15, 0.2) is 4.96 Å². The molecular weight excluding hydrogens is 284 g/mol. The Kier molecular flexibility index (Phi) is 2.53. The number of rotatable bonds is 1. The van der Waals surface area contributed by atoms with Crippen molar-refractivity contribution in [1.82, 2.24) is 9.38 Å². The van der Waals surface area contributed by atoms with Crippen molar-refractivity contribution in [2.75, 3.05) is 0 Å². The van der Waals surface area contributed by atoms with Gasteiger partial charge in [0.05, 0.1) is 28.1 Å². The molecule has 0 bridgehead atoms. The molecule has 0 aliphatic rings. The lowest BCUT2D eigenvalue weighted by atomic mass is 10.1. The van der Waals surface area contributed by atoms with Crippen LogP contribution in [0.5, 0.6) is 0 Å². The summed E-state index contributed by atoms with van der Waals surface area (Å²) in [4.78, 5) is 17.9. The van der Waals surface area contributed by atoms with Crippen LogP contribution >= 0.6 is 11.3 Å². The van der Waals surface area contributed by atoms with Gasteiger partial charge in [-0.05, 0) is 49.2 Å². The van der Waals surface area contributed by atoms with E-state index in [4.69, 9.17) is 4.42 Å². The molecule has 0 N–H and O–H groups in total. The second-order valence-corrected chi connectivity index (χ2v) is 6.14. The Morgan fingerprint density at radius 2 is 2.10 bits per heavy atom. The van der Waals surface area contributed by atoms with E-state index in [1.54, 1.807) is 16.9 Å². The summed E-state index contributed by atoms with van der Waals surface area (Å²) in [6.07, 6.45) is 5.04. The lowest BCUT2D eigenvalue weighted by Gasteiger charge is -1.98. The minimum atomic E-state index is -0.0260. The lowest BCUT2D eigenvalue weighted by Crippen LogP contribution is -2.22. The molecule has 104 valence electrons. The average Bonchev–Trinajstić information content (AvgIpc) is 3.12. The predicted octanol–water partition coefficient (Wildman–Crippen LogP) is 2.67. The van der Waals surface area contributed by atoms with E-state index in [0.29, 0.717) is 4.53 Å². The van der Waals surface area contributed by atoms with Gasteiger partial charge in [-0.1, -0.05) is 11.3 Å². The van der Waals surface area contributed by atoms with Crippen molar-refractivity contribution in [2.24, 2.45) is 0 Å². The van der Waals surface area contributed by atoms with Gasteiger partial charge in [0, 0.05) is 5.56 Å². The molecule has 0 saturated carbocycles. The van der Waals surface area contributed by atoms with Gasteiger partial charge in [0.2, 0.25) is 0 Å². The van der Waals surface area contributed by atoms with E-state index in [0.717, 1.165) is 27.1 Å². The maximum Gasteiger partial charge on any atom is 0.274 e. The van der Waals surface area contributed by atoms with Crippen LogP contribution in [-0.4, -0.2) is 9.38 Å². The summed E-state index contributed by atoms with van der Waals surface area (Å²) in [5, 5.41) is 0. The van der Waals surface area contributed by atoms with Crippen LogP contribution < -0.4 is 10.1 Å². The highest BCUT2D eigenvalue weighted by molar-refractivity contribution is 7.15. The van der Waals surface area contributed by atoms with Gasteiger partial charge in [-0.2, -0.15) is 0 Å². The number of benzene rings is 1. The summed E-state index contributed by atoms with van der Waals surface area (Å²) in [6.45, 7) is 4.10. The average molecular weight is 296 g/mol. The van der Waals surface area contributed by atoms with Crippen LogP contribution in [-0.2, 0) is 0 Å². The zero-order chi connectivity index (χ0) is 14.6. The fourth-order valence-corrected chi connectivity index (χ4v) is 3.41. The highest BCUT2D eigenvalue weighted by atomic mass is 32.1. The third-order valence-electron chi connectivity index (χ3n) is 3.70. The van der Waals surface area contributed by atoms with Crippen LogP contribution in [0.4, 0.5) is 0 Å². The second kappa shape index (κ2) is 4.30. The van der Waals surface area contributed by atoms with Crippen LogP contribution in [0, 0.1) is 13.8 Å². The summed E-state index contributed by atoms with van der Waals surface area (Å²) < 4.78 is 7.39. The smallest absolute Gasteiger partial charge is 0.274 e. The lowest BCUT2D eigenvalue weighted by molar-refractivity contribution is 0.567. The number of nitrogens with zero attached hydrogens (tertiary/aromatic N) is 2. The third-order valence-corrected chi connectivity index (χ3v) is 4.66. The molecular formula is C16H12N2O2S. The molecule has 0 spiro atoms. The summed E-state index contributed by atoms with van der Waals surface area (Å²) in [5.74, 6) is 0. The van der Waals surface area contributed by atoms with Crippen LogP contribution in [0.15, 0.2) is 39.9 Å². The molecule has 5 heteroatoms. The Labute approximate surface area is 124 Å². The van der Waals surface area contributed by atoms with E-state index >= 15 is 0 Å². The fraction of sp³-hybridized carbons (Fsp3) is 0.125. The number of fused-ring (bicyclic) bond motifs is 3. The topological polar surface area (TPSA) is 47.5 Å². The van der Waals surface area contributed by atoms with Crippen molar-refractivity contribution >= 4 is 33.4 Å². The standard InChI is InChI=1S/C16H12N2O2S/c1-9-5-12-13(6-10(9)2)18-15(19)14(21-16(18)17-12)7-11-3-4-20-8-11/h3-8H,1-2H3/b14-7-. The first-order chi connectivity index (χ1) is 10.1. The Balaban J connectivity index is 2.09. The van der Waals surface area contributed by atoms with Crippen LogP contribution in [0.3, 0.4) is 0 Å². The minimum absolute atomic E-state index is 0.0260. The monoisotopic (exact) mass is 296 g/mol. The van der Waals surface area contributed by atoms with E-state index in [9.17, 15) is 4.79 Å². The summed E-state index contributed by atoms with van der Waals surface area (Å²) >= 11 is 1.40. The number of aromatic nitrogens is 2. The van der Waals surface area contributed by atoms with Crippen molar-refractivity contribution in [3.05, 3.63) is 62.3 Å². The van der Waals surface area contributed by atoms with Crippen LogP contribution in [0.1, 0.15) is 16.7 Å². The molecule has 21 heavy (non-hydrogen) atoms. The van der Waals surface area contributed by atoms with Crippen molar-refractivity contribution < 1.29 is 4.42 Å². The number of furan rings is 1. The molecule has 4 aromatic rings. The maximum atomic E-state index is 12.6. The Morgan fingerprint density at radius 1 is 1.29 bits per heavy atom. The van der Waals surface area contributed by atoms with E-state index in [-0.39, 0.29) is 5.56 Å². The Bertz CT molecular complexity index is 1070. The zero-order valence-electron chi connectivity index (χ0n) is 11.6. The number of hydrogen-bond acceptors (Lipinski definition) is 4. The van der Waals surface area contributed by atoms with Crippen molar-refractivity contribution in [1.29, 1.82) is 0 Å². The van der Waals surface area contributed by atoms with Gasteiger partial charge in [-0.3, -0.25) is 4.79 Å². The quantitative estimate of drug-likeness (QED) is 0.542. The van der Waals surface area contributed by atoms with Crippen molar-refractivity contribution in [2.45, 2.75) is 13.8 Å². The third kappa shape index (κ3) is 1.81. The van der Waals surface area contributed by atoms with Gasteiger partial charge in [0.1, 0.15) is 0 Å². The van der Waals surface area contributed by atoms with E-state index in [1.165, 1.54) is 16.9 Å². The van der Waals surface area contributed by atoms with Gasteiger partial charge in [-0.25, -0.2) is 9.38 Å². The summed E-state index contributed by atoms with van der Waals surface area (Å²) in [5.41, 5.74) is 4.95. The molecule has 3 heterocycles. The van der Waals surface area contributed by atoms with Crippen molar-refractivity contribution in [3.63, 3.8) is 0 Å². The molecule has 4 nitrogen and oxygen atoms in total. The molecule has 4 rings (SSSR count). The first kappa shape index (κ1) is 12.3. The SMILES string of the molecule is Cc1cc2nc3s/c(=C\c4ccoc4)c(=O)n3c2cc1C. The molecule has 0 atom stereocenters. The molecule has 0 saturated heterocycles. The largest absolute Gasteiger partial charge is 0.472 e. The summed E-state index contributed by atoms with van der Waals surface area (Å²) in [6, 6.07) is 5.89. The minimum Gasteiger partial charge on any atom is -0.472 e. The van der Waals surface area contributed by atoms with Crippen LogP contribution in [0.25, 0.3) is 22.1 Å². The summed E-state index contributed by atoms with van der Waals surface area (Å²) in [7, 11) is 0. The molecule has 0 amide bonds. The number of aryl methyl sites for hydroxylation is 2. The molecule has 0 radical (unpaired) electrons. The van der Waals surface area contributed by atoms with E-state index in [1.807, 2.05) is 31.2 Å². The number of imidazole rings is 1. The van der Waals surface area contributed by atoms with E-state index < -0.39 is 0 Å². The number of hydrogen-bond donors (Lipinski definition) is 0. The molecule has 0 aliphatic carbocycles. The van der Waals surface area contributed by atoms with Crippen LogP contribution in [0.2, 0.25) is 0 Å². The molecule has 0 fully saturated rings. The highest BCUT2D eigenvalue weighted by Crippen LogP contribution is 2.20.